The van der Waals surface area contributed by atoms with E-state index in [9.17, 15) is 9.59 Å². The van der Waals surface area contributed by atoms with Crippen molar-refractivity contribution in [2.24, 2.45) is 0 Å². The van der Waals surface area contributed by atoms with Crippen LogP contribution in [-0.2, 0) is 16.0 Å². The van der Waals surface area contributed by atoms with Crippen molar-refractivity contribution in [2.45, 2.75) is 25.9 Å². The largest absolute Gasteiger partial charge is 0.481 e. The van der Waals surface area contributed by atoms with Crippen molar-refractivity contribution in [2.75, 3.05) is 0 Å². The molecule has 0 spiro atoms. The maximum Gasteiger partial charge on any atom is 0.279 e. The molecule has 2 aromatic rings. The summed E-state index contributed by atoms with van der Waals surface area (Å²) < 4.78 is 6.38. The summed E-state index contributed by atoms with van der Waals surface area (Å²) in [6.07, 6.45) is -0.0470. The molecule has 0 saturated carbocycles. The minimum Gasteiger partial charge on any atom is -0.481 e. The highest BCUT2D eigenvalue weighted by Gasteiger charge is 2.15. The van der Waals surface area contributed by atoms with Crippen LogP contribution in [0.15, 0.2) is 53.0 Å². The predicted octanol–water partition coefficient (Wildman–Crippen LogP) is 3.65. The highest BCUT2D eigenvalue weighted by molar-refractivity contribution is 9.10. The number of halogens is 2. The van der Waals surface area contributed by atoms with Crippen LogP contribution in [0.5, 0.6) is 5.75 Å². The molecule has 0 aliphatic heterocycles. The zero-order valence-electron chi connectivity index (χ0n) is 13.6. The molecule has 1 unspecified atom stereocenters. The van der Waals surface area contributed by atoms with Crippen LogP contribution in [-0.4, -0.2) is 17.9 Å². The molecule has 2 amide bonds. The van der Waals surface area contributed by atoms with Crippen LogP contribution in [0.4, 0.5) is 0 Å². The van der Waals surface area contributed by atoms with E-state index in [2.05, 4.69) is 26.8 Å². The quantitative estimate of drug-likeness (QED) is 0.694. The summed E-state index contributed by atoms with van der Waals surface area (Å²) in [6, 6.07) is 14.5. The Labute approximate surface area is 159 Å². The number of hydrazine groups is 1. The topological polar surface area (TPSA) is 67.4 Å². The fourth-order valence-corrected chi connectivity index (χ4v) is 2.65. The first kappa shape index (κ1) is 19.3. The smallest absolute Gasteiger partial charge is 0.279 e. The number of carbonyl (C=O) groups is 2. The van der Waals surface area contributed by atoms with Crippen LogP contribution in [0.3, 0.4) is 0 Å². The summed E-state index contributed by atoms with van der Waals surface area (Å²) in [7, 11) is 0. The summed E-state index contributed by atoms with van der Waals surface area (Å²) in [4.78, 5) is 23.8. The molecule has 2 aromatic carbocycles. The Bertz CT molecular complexity index is 755. The van der Waals surface area contributed by atoms with Gasteiger partial charge in [0.1, 0.15) is 5.75 Å². The molecule has 7 heteroatoms. The number of nitrogens with one attached hydrogen (secondary N) is 2. The third kappa shape index (κ3) is 6.40. The number of amides is 2. The number of benzene rings is 2. The fraction of sp³-hybridized carbons (Fsp3) is 0.222. The normalized spacial score (nSPS) is 11.5. The molecule has 0 aliphatic carbocycles. The SMILES string of the molecule is CC(Oc1cccc(Br)c1)C(=O)NNC(=O)CCc1ccccc1Cl. The molecular weight excluding hydrogens is 408 g/mol. The van der Waals surface area contributed by atoms with Crippen LogP contribution in [0, 0.1) is 0 Å². The maximum atomic E-state index is 12.0. The van der Waals surface area contributed by atoms with E-state index in [1.807, 2.05) is 24.3 Å². The lowest BCUT2D eigenvalue weighted by Crippen LogP contribution is -2.47. The van der Waals surface area contributed by atoms with Crippen molar-refractivity contribution in [3.63, 3.8) is 0 Å². The second-order valence-corrected chi connectivity index (χ2v) is 6.67. The molecular formula is C18H18BrClN2O3. The lowest BCUT2D eigenvalue weighted by atomic mass is 10.1. The number of rotatable bonds is 6. The van der Waals surface area contributed by atoms with E-state index in [1.54, 1.807) is 31.2 Å². The van der Waals surface area contributed by atoms with Crippen molar-refractivity contribution >= 4 is 39.3 Å². The standard InChI is InChI=1S/C18H18BrClN2O3/c1-12(25-15-7-4-6-14(19)11-15)18(24)22-21-17(23)10-9-13-5-2-3-8-16(13)20/h2-8,11-12H,9-10H2,1H3,(H,21,23)(H,22,24). The van der Waals surface area contributed by atoms with Gasteiger partial charge in [0, 0.05) is 15.9 Å². The number of carbonyl (C=O) groups excluding carboxylic acids is 2. The van der Waals surface area contributed by atoms with Gasteiger partial charge in [0.25, 0.3) is 5.91 Å². The Morgan fingerprint density at radius 3 is 2.64 bits per heavy atom. The molecule has 0 aromatic heterocycles. The Morgan fingerprint density at radius 2 is 1.92 bits per heavy atom. The summed E-state index contributed by atoms with van der Waals surface area (Å²) in [6.45, 7) is 1.60. The molecule has 25 heavy (non-hydrogen) atoms. The van der Waals surface area contributed by atoms with Crippen LogP contribution in [0.25, 0.3) is 0 Å². The highest BCUT2D eigenvalue weighted by Crippen LogP contribution is 2.19. The second kappa shape index (κ2) is 9.44. The third-order valence-corrected chi connectivity index (χ3v) is 4.24. The number of ether oxygens (including phenoxy) is 1. The number of aryl methyl sites for hydroxylation is 1. The molecule has 0 bridgehead atoms. The van der Waals surface area contributed by atoms with Crippen molar-refractivity contribution < 1.29 is 14.3 Å². The van der Waals surface area contributed by atoms with Crippen LogP contribution >= 0.6 is 27.5 Å². The molecule has 1 atom stereocenters. The van der Waals surface area contributed by atoms with E-state index >= 15 is 0 Å². The Hall–Kier alpha value is -2.05. The van der Waals surface area contributed by atoms with Crippen LogP contribution in [0.1, 0.15) is 18.9 Å². The molecule has 0 heterocycles. The van der Waals surface area contributed by atoms with Crippen LogP contribution in [0.2, 0.25) is 5.02 Å². The molecule has 0 aliphatic rings. The fourth-order valence-electron chi connectivity index (χ4n) is 2.04. The lowest BCUT2D eigenvalue weighted by Gasteiger charge is -2.15. The van der Waals surface area contributed by atoms with Crippen molar-refractivity contribution in [3.05, 3.63) is 63.6 Å². The molecule has 0 saturated heterocycles. The summed E-state index contributed by atoms with van der Waals surface area (Å²) in [5.74, 6) is -0.184. The van der Waals surface area contributed by atoms with Gasteiger partial charge in [-0.2, -0.15) is 0 Å². The summed E-state index contributed by atoms with van der Waals surface area (Å²) >= 11 is 9.38. The first-order chi connectivity index (χ1) is 12.0. The van der Waals surface area contributed by atoms with Gasteiger partial charge in [0.05, 0.1) is 0 Å². The minimum atomic E-state index is -0.752. The third-order valence-electron chi connectivity index (χ3n) is 3.38. The van der Waals surface area contributed by atoms with Crippen molar-refractivity contribution in [3.8, 4) is 5.75 Å². The monoisotopic (exact) mass is 424 g/mol. The number of hydrogen-bond acceptors (Lipinski definition) is 3. The summed E-state index contributed by atoms with van der Waals surface area (Å²) in [5, 5.41) is 0.621. The van der Waals surface area contributed by atoms with Gasteiger partial charge < -0.3 is 4.74 Å². The molecule has 132 valence electrons. The van der Waals surface area contributed by atoms with Crippen molar-refractivity contribution in [1.82, 2.24) is 10.9 Å². The van der Waals surface area contributed by atoms with E-state index in [-0.39, 0.29) is 12.3 Å². The highest BCUT2D eigenvalue weighted by atomic mass is 79.9. The zero-order chi connectivity index (χ0) is 18.2. The Morgan fingerprint density at radius 1 is 1.16 bits per heavy atom. The Kier molecular flexibility index (Phi) is 7.28. The van der Waals surface area contributed by atoms with E-state index in [0.29, 0.717) is 17.2 Å². The molecule has 2 rings (SSSR count). The first-order valence-corrected chi connectivity index (χ1v) is 8.87. The second-order valence-electron chi connectivity index (χ2n) is 5.35. The predicted molar refractivity (Wildman–Crippen MR) is 100 cm³/mol. The number of hydrogen-bond donors (Lipinski definition) is 2. The first-order valence-electron chi connectivity index (χ1n) is 7.70. The lowest BCUT2D eigenvalue weighted by molar-refractivity contribution is -0.132. The van der Waals surface area contributed by atoms with Crippen molar-refractivity contribution in [1.29, 1.82) is 0 Å². The van der Waals surface area contributed by atoms with Gasteiger partial charge in [-0.05, 0) is 43.2 Å². The van der Waals surface area contributed by atoms with Gasteiger partial charge in [0.15, 0.2) is 6.10 Å². The summed E-state index contributed by atoms with van der Waals surface area (Å²) in [5.41, 5.74) is 5.63. The van der Waals surface area contributed by atoms with Gasteiger partial charge in [-0.15, -0.1) is 0 Å². The van der Waals surface area contributed by atoms with E-state index in [1.165, 1.54) is 0 Å². The zero-order valence-corrected chi connectivity index (χ0v) is 15.9. The van der Waals surface area contributed by atoms with E-state index < -0.39 is 12.0 Å². The van der Waals surface area contributed by atoms with Crippen LogP contribution < -0.4 is 15.6 Å². The molecule has 0 fully saturated rings. The van der Waals surface area contributed by atoms with E-state index in [4.69, 9.17) is 16.3 Å². The molecule has 2 N–H and O–H groups in total. The average molecular weight is 426 g/mol. The molecule has 0 radical (unpaired) electrons. The molecule has 5 nitrogen and oxygen atoms in total. The van der Waals surface area contributed by atoms with Gasteiger partial charge in [-0.25, -0.2) is 0 Å². The van der Waals surface area contributed by atoms with Gasteiger partial charge in [-0.1, -0.05) is 51.8 Å². The maximum absolute atomic E-state index is 12.0. The average Bonchev–Trinajstić information content (AvgIpc) is 2.59. The minimum absolute atomic E-state index is 0.213. The Balaban J connectivity index is 1.75. The van der Waals surface area contributed by atoms with E-state index in [0.717, 1.165) is 10.0 Å². The van der Waals surface area contributed by atoms with Gasteiger partial charge >= 0.3 is 0 Å². The van der Waals surface area contributed by atoms with Gasteiger partial charge in [0.2, 0.25) is 5.91 Å². The van der Waals surface area contributed by atoms with Gasteiger partial charge in [-0.3, -0.25) is 20.4 Å².